The number of carbonyl (C=O) groups is 1. The second-order valence-corrected chi connectivity index (χ2v) is 5.51. The maximum atomic E-state index is 12.4. The number of esters is 1. The van der Waals surface area contributed by atoms with Crippen LogP contribution in [0.25, 0.3) is 11.1 Å². The van der Waals surface area contributed by atoms with Gasteiger partial charge in [-0.05, 0) is 30.7 Å². The predicted octanol–water partition coefficient (Wildman–Crippen LogP) is 4.79. The minimum atomic E-state index is -0.554. The average Bonchev–Trinajstić information content (AvgIpc) is 2.62. The van der Waals surface area contributed by atoms with E-state index in [0.717, 1.165) is 11.1 Å². The fourth-order valence-corrected chi connectivity index (χ4v) is 2.56. The lowest BCUT2D eigenvalue weighted by atomic mass is 10.0. The molecule has 0 aliphatic carbocycles. The van der Waals surface area contributed by atoms with Crippen molar-refractivity contribution in [3.63, 3.8) is 0 Å². The Morgan fingerprint density at radius 3 is 2.32 bits per heavy atom. The van der Waals surface area contributed by atoms with E-state index in [-0.39, 0.29) is 11.3 Å². The number of rotatable bonds is 4. The molecule has 5 nitrogen and oxygen atoms in total. The molecular weight excluding hydrogens is 318 g/mol. The van der Waals surface area contributed by atoms with Gasteiger partial charge in [0.2, 0.25) is 0 Å². The summed E-state index contributed by atoms with van der Waals surface area (Å²) in [6, 6.07) is 21.0. The van der Waals surface area contributed by atoms with Crippen molar-refractivity contribution in [2.24, 2.45) is 0 Å². The molecule has 3 aromatic carbocycles. The van der Waals surface area contributed by atoms with Crippen LogP contribution >= 0.6 is 0 Å². The van der Waals surface area contributed by atoms with E-state index in [1.165, 1.54) is 18.2 Å². The molecule has 0 fully saturated rings. The summed E-state index contributed by atoms with van der Waals surface area (Å²) in [6.45, 7) is 1.59. The van der Waals surface area contributed by atoms with Crippen molar-refractivity contribution in [2.75, 3.05) is 0 Å². The molecule has 124 valence electrons. The number of nitro groups is 1. The molecule has 0 spiro atoms. The number of aryl methyl sites for hydroxylation is 1. The summed E-state index contributed by atoms with van der Waals surface area (Å²) >= 11 is 0. The average molecular weight is 333 g/mol. The quantitative estimate of drug-likeness (QED) is 0.298. The van der Waals surface area contributed by atoms with Crippen LogP contribution in [0.4, 0.5) is 5.69 Å². The topological polar surface area (TPSA) is 69.4 Å². The molecule has 3 rings (SSSR count). The Hall–Kier alpha value is -3.47. The van der Waals surface area contributed by atoms with E-state index in [0.29, 0.717) is 11.3 Å². The summed E-state index contributed by atoms with van der Waals surface area (Å²) in [5.41, 5.74) is 2.39. The van der Waals surface area contributed by atoms with Crippen molar-refractivity contribution < 1.29 is 14.5 Å². The summed E-state index contributed by atoms with van der Waals surface area (Å²) in [6.07, 6.45) is 0. The fraction of sp³-hybridized carbons (Fsp3) is 0.0500. The van der Waals surface area contributed by atoms with E-state index in [1.54, 1.807) is 19.1 Å². The Morgan fingerprint density at radius 1 is 0.960 bits per heavy atom. The zero-order valence-corrected chi connectivity index (χ0v) is 13.5. The molecule has 0 atom stereocenters. The summed E-state index contributed by atoms with van der Waals surface area (Å²) in [5, 5.41) is 10.9. The second-order valence-electron chi connectivity index (χ2n) is 5.51. The van der Waals surface area contributed by atoms with E-state index in [9.17, 15) is 14.9 Å². The third-order valence-electron chi connectivity index (χ3n) is 3.80. The second kappa shape index (κ2) is 6.97. The maximum absolute atomic E-state index is 12.4. The predicted molar refractivity (Wildman–Crippen MR) is 94.7 cm³/mol. The zero-order valence-electron chi connectivity index (χ0n) is 13.5. The molecule has 0 unspecified atom stereocenters. The molecule has 0 heterocycles. The van der Waals surface area contributed by atoms with Gasteiger partial charge in [0.15, 0.2) is 0 Å². The van der Waals surface area contributed by atoms with Crippen molar-refractivity contribution in [3.05, 3.63) is 94.0 Å². The van der Waals surface area contributed by atoms with Crippen LogP contribution in [-0.4, -0.2) is 10.9 Å². The van der Waals surface area contributed by atoms with E-state index >= 15 is 0 Å². The Morgan fingerprint density at radius 2 is 1.64 bits per heavy atom. The number of para-hydroxylation sites is 1. The zero-order chi connectivity index (χ0) is 17.8. The molecule has 0 aliphatic heterocycles. The van der Waals surface area contributed by atoms with Gasteiger partial charge in [-0.25, -0.2) is 4.79 Å². The molecular formula is C20H15NO4. The first-order valence-electron chi connectivity index (χ1n) is 7.68. The van der Waals surface area contributed by atoms with Gasteiger partial charge in [-0.1, -0.05) is 48.5 Å². The largest absolute Gasteiger partial charge is 0.422 e. The third kappa shape index (κ3) is 3.55. The van der Waals surface area contributed by atoms with Crippen LogP contribution < -0.4 is 4.74 Å². The van der Waals surface area contributed by atoms with Gasteiger partial charge in [0.05, 0.1) is 10.5 Å². The fourth-order valence-electron chi connectivity index (χ4n) is 2.56. The van der Waals surface area contributed by atoms with Crippen LogP contribution in [-0.2, 0) is 0 Å². The minimum Gasteiger partial charge on any atom is -0.422 e. The highest BCUT2D eigenvalue weighted by molar-refractivity contribution is 5.92. The van der Waals surface area contributed by atoms with Crippen molar-refractivity contribution in [1.82, 2.24) is 0 Å². The van der Waals surface area contributed by atoms with Crippen LogP contribution in [0.3, 0.4) is 0 Å². The van der Waals surface area contributed by atoms with E-state index < -0.39 is 10.9 Å². The van der Waals surface area contributed by atoms with Gasteiger partial charge in [-0.3, -0.25) is 10.1 Å². The molecule has 0 aromatic heterocycles. The molecule has 25 heavy (non-hydrogen) atoms. The molecule has 0 saturated heterocycles. The Bertz CT molecular complexity index is 935. The van der Waals surface area contributed by atoms with Gasteiger partial charge in [-0.15, -0.1) is 0 Å². The molecule has 3 aromatic rings. The lowest BCUT2D eigenvalue weighted by Crippen LogP contribution is -2.09. The van der Waals surface area contributed by atoms with Crippen LogP contribution in [0.5, 0.6) is 5.75 Å². The lowest BCUT2D eigenvalue weighted by Gasteiger charge is -2.10. The van der Waals surface area contributed by atoms with Crippen molar-refractivity contribution in [2.45, 2.75) is 6.92 Å². The maximum Gasteiger partial charge on any atom is 0.343 e. The van der Waals surface area contributed by atoms with Gasteiger partial charge in [0.25, 0.3) is 5.69 Å². The SMILES string of the molecule is Cc1cc(C(=O)Oc2ccccc2-c2ccccc2)ccc1[N+](=O)[O-]. The van der Waals surface area contributed by atoms with Crippen LogP contribution in [0, 0.1) is 17.0 Å². The Labute approximate surface area is 144 Å². The number of carbonyl (C=O) groups excluding carboxylic acids is 1. The standard InChI is InChI=1S/C20H15NO4/c1-14-13-16(11-12-18(14)21(23)24)20(22)25-19-10-6-5-9-17(19)15-7-3-2-4-8-15/h2-13H,1H3. The highest BCUT2D eigenvalue weighted by Gasteiger charge is 2.16. The first-order chi connectivity index (χ1) is 12.1. The van der Waals surface area contributed by atoms with Crippen molar-refractivity contribution in [3.8, 4) is 16.9 Å². The number of nitrogens with zero attached hydrogens (tertiary/aromatic N) is 1. The van der Waals surface area contributed by atoms with Gasteiger partial charge >= 0.3 is 5.97 Å². The van der Waals surface area contributed by atoms with E-state index in [4.69, 9.17) is 4.74 Å². The highest BCUT2D eigenvalue weighted by atomic mass is 16.6. The summed E-state index contributed by atoms with van der Waals surface area (Å²) in [5.74, 6) is -0.115. The third-order valence-corrected chi connectivity index (χ3v) is 3.80. The van der Waals surface area contributed by atoms with Crippen molar-refractivity contribution in [1.29, 1.82) is 0 Å². The number of hydrogen-bond acceptors (Lipinski definition) is 4. The number of benzene rings is 3. The molecule has 0 radical (unpaired) electrons. The normalized spacial score (nSPS) is 10.3. The minimum absolute atomic E-state index is 0.0266. The van der Waals surface area contributed by atoms with E-state index in [1.807, 2.05) is 42.5 Å². The summed E-state index contributed by atoms with van der Waals surface area (Å²) in [4.78, 5) is 22.8. The van der Waals surface area contributed by atoms with Crippen LogP contribution in [0.15, 0.2) is 72.8 Å². The monoisotopic (exact) mass is 333 g/mol. The summed E-state index contributed by atoms with van der Waals surface area (Å²) < 4.78 is 5.53. The van der Waals surface area contributed by atoms with Gasteiger partial charge in [-0.2, -0.15) is 0 Å². The van der Waals surface area contributed by atoms with E-state index in [2.05, 4.69) is 0 Å². The first-order valence-corrected chi connectivity index (χ1v) is 7.68. The molecule has 0 N–H and O–H groups in total. The number of nitro benzene ring substituents is 1. The van der Waals surface area contributed by atoms with Crippen LogP contribution in [0.1, 0.15) is 15.9 Å². The number of ether oxygens (including phenoxy) is 1. The molecule has 0 saturated carbocycles. The summed E-state index contributed by atoms with van der Waals surface area (Å²) in [7, 11) is 0. The van der Waals surface area contributed by atoms with Crippen molar-refractivity contribution >= 4 is 11.7 Å². The van der Waals surface area contributed by atoms with Gasteiger partial charge in [0, 0.05) is 17.2 Å². The smallest absolute Gasteiger partial charge is 0.343 e. The molecule has 0 amide bonds. The Kier molecular flexibility index (Phi) is 4.57. The molecule has 5 heteroatoms. The van der Waals surface area contributed by atoms with Crippen LogP contribution in [0.2, 0.25) is 0 Å². The molecule has 0 bridgehead atoms. The first kappa shape index (κ1) is 16.4. The highest BCUT2D eigenvalue weighted by Crippen LogP contribution is 2.30. The molecule has 0 aliphatic rings. The number of hydrogen-bond donors (Lipinski definition) is 0. The van der Waals surface area contributed by atoms with Gasteiger partial charge < -0.3 is 4.74 Å². The van der Waals surface area contributed by atoms with Gasteiger partial charge in [0.1, 0.15) is 5.75 Å². The Balaban J connectivity index is 1.90. The lowest BCUT2D eigenvalue weighted by molar-refractivity contribution is -0.385.